The zero-order valence-electron chi connectivity index (χ0n) is 16.0. The summed E-state index contributed by atoms with van der Waals surface area (Å²) in [5, 5.41) is 0. The Hall–Kier alpha value is -1.91. The third kappa shape index (κ3) is 3.81. The summed E-state index contributed by atoms with van der Waals surface area (Å²) >= 11 is -3.27. The molecule has 3 aromatic rings. The molecule has 28 heavy (non-hydrogen) atoms. The Morgan fingerprint density at radius 1 is 0.714 bits per heavy atom. The first-order chi connectivity index (χ1) is 13.8. The van der Waals surface area contributed by atoms with E-state index in [1.165, 1.54) is 10.7 Å². The maximum atomic E-state index is 11.2. The third-order valence-electron chi connectivity index (χ3n) is 6.10. The van der Waals surface area contributed by atoms with E-state index in [4.69, 9.17) is 4.74 Å². The Bertz CT molecular complexity index is 784. The van der Waals surface area contributed by atoms with E-state index < -0.39 is 18.4 Å². The monoisotopic (exact) mass is 478 g/mol. The van der Waals surface area contributed by atoms with Crippen molar-refractivity contribution in [3.8, 4) is 0 Å². The van der Waals surface area contributed by atoms with E-state index in [1.54, 1.807) is 0 Å². The number of ether oxygens (including phenoxy) is 1. The van der Waals surface area contributed by atoms with E-state index in [0.717, 1.165) is 17.3 Å². The molecular formula is C25H26O2Sn. The number of carbonyl (C=O) groups is 1. The van der Waals surface area contributed by atoms with E-state index in [0.29, 0.717) is 24.9 Å². The van der Waals surface area contributed by atoms with Crippen molar-refractivity contribution in [1.82, 2.24) is 0 Å². The van der Waals surface area contributed by atoms with E-state index in [9.17, 15) is 4.79 Å². The molecule has 0 N–H and O–H groups in total. The van der Waals surface area contributed by atoms with Crippen molar-refractivity contribution >= 4 is 35.4 Å². The molecule has 4 rings (SSSR count). The number of aldehydes is 1. The Morgan fingerprint density at radius 3 is 1.57 bits per heavy atom. The summed E-state index contributed by atoms with van der Waals surface area (Å²) in [6, 6.07) is 33.2. The molecule has 0 spiro atoms. The summed E-state index contributed by atoms with van der Waals surface area (Å²) in [7, 11) is 0. The van der Waals surface area contributed by atoms with Crippen LogP contribution in [0.3, 0.4) is 0 Å². The summed E-state index contributed by atoms with van der Waals surface area (Å²) in [6.07, 6.45) is 1.67. The molecule has 1 aliphatic rings. The minimum atomic E-state index is -3.27. The Balaban J connectivity index is 1.89. The van der Waals surface area contributed by atoms with Crippen molar-refractivity contribution in [2.75, 3.05) is 13.2 Å². The molecule has 0 aromatic heterocycles. The van der Waals surface area contributed by atoms with E-state index in [1.807, 2.05) is 0 Å². The van der Waals surface area contributed by atoms with Crippen LogP contribution in [0.25, 0.3) is 0 Å². The van der Waals surface area contributed by atoms with Gasteiger partial charge in [0, 0.05) is 0 Å². The van der Waals surface area contributed by atoms with Crippen LogP contribution in [-0.4, -0.2) is 37.9 Å². The van der Waals surface area contributed by atoms with Gasteiger partial charge in [0.1, 0.15) is 0 Å². The van der Waals surface area contributed by atoms with Gasteiger partial charge in [0.05, 0.1) is 0 Å². The second-order valence-electron chi connectivity index (χ2n) is 7.67. The van der Waals surface area contributed by atoms with Crippen LogP contribution in [0.1, 0.15) is 6.42 Å². The van der Waals surface area contributed by atoms with Crippen molar-refractivity contribution in [3.63, 3.8) is 0 Å². The predicted molar refractivity (Wildman–Crippen MR) is 117 cm³/mol. The average molecular weight is 477 g/mol. The Morgan fingerprint density at radius 2 is 1.14 bits per heavy atom. The standard InChI is InChI=1S/C7H11O2.3C6H5.Sn/c1-6-4-9-5-7(6)2-3-8;3*1-2-4-6-5-3-1;/h3,6-7H,1-2,4-5H2;3*1-5H;/t6-,7+;;;;/m1..../s1. The van der Waals surface area contributed by atoms with E-state index >= 15 is 0 Å². The number of hydrogen-bond acceptors (Lipinski definition) is 2. The minimum absolute atomic E-state index is 0.338. The summed E-state index contributed by atoms with van der Waals surface area (Å²) in [5.74, 6) is 0.770. The van der Waals surface area contributed by atoms with Crippen LogP contribution in [0, 0.1) is 11.8 Å². The van der Waals surface area contributed by atoms with Crippen molar-refractivity contribution in [2.24, 2.45) is 11.8 Å². The van der Waals surface area contributed by atoms with Crippen LogP contribution < -0.4 is 10.7 Å². The molecular weight excluding hydrogens is 451 g/mol. The van der Waals surface area contributed by atoms with Gasteiger partial charge in [-0.05, 0) is 0 Å². The van der Waals surface area contributed by atoms with Crippen LogP contribution >= 0.6 is 0 Å². The second kappa shape index (κ2) is 9.06. The fraction of sp³-hybridized carbons (Fsp3) is 0.240. The van der Waals surface area contributed by atoms with E-state index in [2.05, 4.69) is 91.0 Å². The van der Waals surface area contributed by atoms with Gasteiger partial charge in [-0.3, -0.25) is 0 Å². The second-order valence-corrected chi connectivity index (χ2v) is 18.9. The van der Waals surface area contributed by atoms with Crippen molar-refractivity contribution in [1.29, 1.82) is 0 Å². The zero-order valence-corrected chi connectivity index (χ0v) is 18.9. The van der Waals surface area contributed by atoms with Gasteiger partial charge < -0.3 is 0 Å². The first kappa shape index (κ1) is 19.4. The summed E-state index contributed by atoms with van der Waals surface area (Å²) in [5.41, 5.74) is 0. The summed E-state index contributed by atoms with van der Waals surface area (Å²) < 4.78 is 11.5. The molecule has 3 aromatic carbocycles. The van der Waals surface area contributed by atoms with Crippen molar-refractivity contribution < 1.29 is 9.53 Å². The average Bonchev–Trinajstić information content (AvgIpc) is 3.21. The third-order valence-corrected chi connectivity index (χ3v) is 20.6. The molecule has 1 aliphatic heterocycles. The molecule has 1 fully saturated rings. The van der Waals surface area contributed by atoms with Crippen LogP contribution in [0.2, 0.25) is 4.44 Å². The molecule has 0 saturated carbocycles. The number of benzene rings is 3. The number of hydrogen-bond donors (Lipinski definition) is 0. The van der Waals surface area contributed by atoms with Gasteiger partial charge in [0.2, 0.25) is 0 Å². The SMILES string of the molecule is O=CC[C@H]1COC[C@H]1[CH2][Sn]([c]1ccccc1)([c]1ccccc1)[c]1ccccc1. The van der Waals surface area contributed by atoms with Gasteiger partial charge in [0.25, 0.3) is 0 Å². The molecule has 1 heterocycles. The van der Waals surface area contributed by atoms with Gasteiger partial charge in [-0.2, -0.15) is 0 Å². The van der Waals surface area contributed by atoms with Crippen LogP contribution in [-0.2, 0) is 9.53 Å². The molecule has 3 heteroatoms. The van der Waals surface area contributed by atoms with Crippen LogP contribution in [0.15, 0.2) is 91.0 Å². The van der Waals surface area contributed by atoms with Crippen LogP contribution in [0.5, 0.6) is 0 Å². The summed E-state index contributed by atoms with van der Waals surface area (Å²) in [6.45, 7) is 1.48. The molecule has 0 amide bonds. The van der Waals surface area contributed by atoms with Crippen molar-refractivity contribution in [3.05, 3.63) is 91.0 Å². The Kier molecular flexibility index (Phi) is 6.28. The quantitative estimate of drug-likeness (QED) is 0.387. The number of rotatable bonds is 7. The van der Waals surface area contributed by atoms with E-state index in [-0.39, 0.29) is 0 Å². The zero-order chi connectivity index (χ0) is 19.2. The van der Waals surface area contributed by atoms with Crippen LogP contribution in [0.4, 0.5) is 0 Å². The van der Waals surface area contributed by atoms with Gasteiger partial charge in [-0.15, -0.1) is 0 Å². The molecule has 2 atom stereocenters. The molecule has 1 saturated heterocycles. The maximum absolute atomic E-state index is 11.2. The fourth-order valence-corrected chi connectivity index (χ4v) is 19.6. The molecule has 0 unspecified atom stereocenters. The summed E-state index contributed by atoms with van der Waals surface area (Å²) in [4.78, 5) is 11.2. The number of carbonyl (C=O) groups excluding carboxylic acids is 1. The Labute approximate surface area is 171 Å². The van der Waals surface area contributed by atoms with Gasteiger partial charge >= 0.3 is 172 Å². The molecule has 0 bridgehead atoms. The fourth-order valence-electron chi connectivity index (χ4n) is 4.67. The molecule has 142 valence electrons. The van der Waals surface area contributed by atoms with Crippen molar-refractivity contribution in [2.45, 2.75) is 10.9 Å². The normalized spacial score (nSPS) is 19.4. The van der Waals surface area contributed by atoms with Gasteiger partial charge in [-0.25, -0.2) is 0 Å². The van der Waals surface area contributed by atoms with Gasteiger partial charge in [0.15, 0.2) is 0 Å². The van der Waals surface area contributed by atoms with Gasteiger partial charge in [-0.1, -0.05) is 0 Å². The topological polar surface area (TPSA) is 26.3 Å². The first-order valence-electron chi connectivity index (χ1n) is 10.0. The molecule has 0 radical (unpaired) electrons. The predicted octanol–water partition coefficient (Wildman–Crippen LogP) is 3.01. The molecule has 2 nitrogen and oxygen atoms in total. The first-order valence-corrected chi connectivity index (χ1v) is 16.3. The molecule has 0 aliphatic carbocycles.